The minimum atomic E-state index is -0.734. The lowest BCUT2D eigenvalue weighted by Crippen LogP contribution is -2.38. The molecule has 5 heteroatoms. The molecule has 3 amide bonds. The minimum Gasteiger partial charge on any atom is -0.308 e. The fraction of sp³-hybridized carbons (Fsp3) is 0.385. The smallest absolute Gasteiger partial charge is 0.308 e. The van der Waals surface area contributed by atoms with Crippen LogP contribution in [0.3, 0.4) is 0 Å². The Morgan fingerprint density at radius 1 is 1.28 bits per heavy atom. The topological polar surface area (TPSA) is 58.2 Å². The Bertz CT molecular complexity index is 416. The van der Waals surface area contributed by atoms with Crippen molar-refractivity contribution in [1.82, 2.24) is 5.32 Å². The summed E-state index contributed by atoms with van der Waals surface area (Å²) in [6.07, 6.45) is 2.09. The summed E-state index contributed by atoms with van der Waals surface area (Å²) >= 11 is 5.54. The van der Waals surface area contributed by atoms with Crippen LogP contribution in [0.5, 0.6) is 0 Å². The third-order valence-electron chi connectivity index (χ3n) is 2.35. The first-order valence-corrected chi connectivity index (χ1v) is 6.31. The van der Waals surface area contributed by atoms with Crippen LogP contribution >= 0.6 is 11.6 Å². The summed E-state index contributed by atoms with van der Waals surface area (Å²) in [4.78, 5) is 22.6. The van der Waals surface area contributed by atoms with E-state index in [0.29, 0.717) is 5.69 Å². The molecule has 1 aromatic rings. The van der Waals surface area contributed by atoms with Crippen LogP contribution in [0, 0.1) is 0 Å². The summed E-state index contributed by atoms with van der Waals surface area (Å²) in [5.74, 6) is -0.517. The summed E-state index contributed by atoms with van der Waals surface area (Å²) in [5.41, 5.74) is 1.86. The highest BCUT2D eigenvalue weighted by molar-refractivity contribution is 6.31. The van der Waals surface area contributed by atoms with Gasteiger partial charge in [-0.3, -0.25) is 10.1 Å². The number of carbonyl (C=O) groups is 2. The van der Waals surface area contributed by atoms with Crippen molar-refractivity contribution in [2.75, 3.05) is 5.32 Å². The first-order chi connectivity index (χ1) is 8.52. The van der Waals surface area contributed by atoms with E-state index in [-0.39, 0.29) is 0 Å². The van der Waals surface area contributed by atoms with Gasteiger partial charge in [0.2, 0.25) is 5.91 Å². The monoisotopic (exact) mass is 268 g/mol. The highest BCUT2D eigenvalue weighted by Gasteiger charge is 2.12. The molecular weight excluding hydrogens is 252 g/mol. The highest BCUT2D eigenvalue weighted by Crippen LogP contribution is 2.10. The van der Waals surface area contributed by atoms with E-state index in [0.717, 1.165) is 12.8 Å². The normalized spacial score (nSPS) is 11.7. The van der Waals surface area contributed by atoms with Crippen molar-refractivity contribution >= 4 is 29.2 Å². The number of amides is 3. The first kappa shape index (κ1) is 14.5. The number of anilines is 1. The van der Waals surface area contributed by atoms with Gasteiger partial charge >= 0.3 is 6.03 Å². The average molecular weight is 269 g/mol. The number of alkyl halides is 1. The van der Waals surface area contributed by atoms with Crippen LogP contribution in [-0.2, 0) is 11.2 Å². The molecule has 0 aliphatic carbocycles. The molecule has 98 valence electrons. The van der Waals surface area contributed by atoms with Crippen molar-refractivity contribution < 1.29 is 9.59 Å². The number of nitrogens with one attached hydrogen (secondary N) is 2. The Kier molecular flexibility index (Phi) is 5.65. The predicted octanol–water partition coefficient (Wildman–Crippen LogP) is 2.91. The molecule has 0 spiro atoms. The van der Waals surface area contributed by atoms with E-state index in [4.69, 9.17) is 11.6 Å². The molecule has 4 nitrogen and oxygen atoms in total. The third kappa shape index (κ3) is 4.75. The SMILES string of the molecule is CCCc1ccc(NC(=O)NC(=O)C(C)Cl)cc1. The van der Waals surface area contributed by atoms with Crippen LogP contribution in [0.15, 0.2) is 24.3 Å². The van der Waals surface area contributed by atoms with Crippen molar-refractivity contribution in [3.8, 4) is 0 Å². The van der Waals surface area contributed by atoms with Crippen molar-refractivity contribution in [3.63, 3.8) is 0 Å². The van der Waals surface area contributed by atoms with E-state index < -0.39 is 17.3 Å². The number of aryl methyl sites for hydroxylation is 1. The van der Waals surface area contributed by atoms with Gasteiger partial charge in [0, 0.05) is 5.69 Å². The van der Waals surface area contributed by atoms with Crippen LogP contribution in [-0.4, -0.2) is 17.3 Å². The molecule has 0 bridgehead atoms. The quantitative estimate of drug-likeness (QED) is 0.825. The Morgan fingerprint density at radius 2 is 1.89 bits per heavy atom. The molecule has 0 fully saturated rings. The largest absolute Gasteiger partial charge is 0.325 e. The van der Waals surface area contributed by atoms with Gasteiger partial charge in [0.15, 0.2) is 0 Å². The molecule has 1 unspecified atom stereocenters. The van der Waals surface area contributed by atoms with Gasteiger partial charge in [-0.1, -0.05) is 25.5 Å². The van der Waals surface area contributed by atoms with E-state index in [2.05, 4.69) is 17.6 Å². The second-order valence-corrected chi connectivity index (χ2v) is 4.66. The molecule has 0 saturated heterocycles. The average Bonchev–Trinajstić information content (AvgIpc) is 2.31. The van der Waals surface area contributed by atoms with Gasteiger partial charge in [-0.05, 0) is 31.0 Å². The van der Waals surface area contributed by atoms with E-state index in [1.165, 1.54) is 12.5 Å². The molecular formula is C13H17ClN2O2. The molecule has 0 radical (unpaired) electrons. The van der Waals surface area contributed by atoms with Crippen LogP contribution in [0.2, 0.25) is 0 Å². The maximum atomic E-state index is 11.4. The highest BCUT2D eigenvalue weighted by atomic mass is 35.5. The molecule has 1 atom stereocenters. The van der Waals surface area contributed by atoms with Crippen molar-refractivity contribution in [2.24, 2.45) is 0 Å². The Hall–Kier alpha value is -1.55. The Morgan fingerprint density at radius 3 is 2.39 bits per heavy atom. The zero-order valence-corrected chi connectivity index (χ0v) is 11.3. The van der Waals surface area contributed by atoms with E-state index in [9.17, 15) is 9.59 Å². The number of hydrogen-bond acceptors (Lipinski definition) is 2. The molecule has 1 aromatic carbocycles. The zero-order chi connectivity index (χ0) is 13.5. The lowest BCUT2D eigenvalue weighted by atomic mass is 10.1. The number of halogens is 1. The van der Waals surface area contributed by atoms with Crippen LogP contribution in [0.1, 0.15) is 25.8 Å². The summed E-state index contributed by atoms with van der Waals surface area (Å²) in [5, 5.41) is 3.98. The summed E-state index contributed by atoms with van der Waals surface area (Å²) < 4.78 is 0. The number of urea groups is 1. The molecule has 0 heterocycles. The number of benzene rings is 1. The van der Waals surface area contributed by atoms with Crippen LogP contribution in [0.4, 0.5) is 10.5 Å². The minimum absolute atomic E-state index is 0.517. The lowest BCUT2D eigenvalue weighted by molar-refractivity contribution is -0.119. The molecule has 0 saturated carbocycles. The summed E-state index contributed by atoms with van der Waals surface area (Å²) in [6, 6.07) is 6.94. The molecule has 0 aromatic heterocycles. The lowest BCUT2D eigenvalue weighted by Gasteiger charge is -2.08. The fourth-order valence-electron chi connectivity index (χ4n) is 1.42. The van der Waals surface area contributed by atoms with E-state index in [1.807, 2.05) is 12.1 Å². The maximum absolute atomic E-state index is 11.4. The van der Waals surface area contributed by atoms with E-state index >= 15 is 0 Å². The molecule has 18 heavy (non-hydrogen) atoms. The number of rotatable bonds is 4. The van der Waals surface area contributed by atoms with Crippen molar-refractivity contribution in [2.45, 2.75) is 32.1 Å². The number of imide groups is 1. The maximum Gasteiger partial charge on any atom is 0.325 e. The van der Waals surface area contributed by atoms with Gasteiger partial charge in [-0.25, -0.2) is 4.79 Å². The van der Waals surface area contributed by atoms with Gasteiger partial charge in [0.25, 0.3) is 0 Å². The Labute approximate surface area is 112 Å². The van der Waals surface area contributed by atoms with Crippen molar-refractivity contribution in [1.29, 1.82) is 0 Å². The van der Waals surface area contributed by atoms with Gasteiger partial charge in [-0.15, -0.1) is 11.6 Å². The zero-order valence-electron chi connectivity index (χ0n) is 10.5. The molecule has 1 rings (SSSR count). The van der Waals surface area contributed by atoms with Gasteiger partial charge in [0.05, 0.1) is 0 Å². The number of hydrogen-bond donors (Lipinski definition) is 2. The number of carbonyl (C=O) groups excluding carboxylic acids is 2. The van der Waals surface area contributed by atoms with E-state index in [1.54, 1.807) is 12.1 Å². The van der Waals surface area contributed by atoms with Crippen LogP contribution < -0.4 is 10.6 Å². The van der Waals surface area contributed by atoms with Gasteiger partial charge in [-0.2, -0.15) is 0 Å². The first-order valence-electron chi connectivity index (χ1n) is 5.87. The second kappa shape index (κ2) is 7.01. The Balaban J connectivity index is 2.51. The van der Waals surface area contributed by atoms with Crippen molar-refractivity contribution in [3.05, 3.63) is 29.8 Å². The molecule has 0 aliphatic heterocycles. The van der Waals surface area contributed by atoms with Gasteiger partial charge < -0.3 is 5.32 Å². The summed E-state index contributed by atoms with van der Waals surface area (Å²) in [6.45, 7) is 3.61. The molecule has 0 aliphatic rings. The predicted molar refractivity (Wildman–Crippen MR) is 72.9 cm³/mol. The van der Waals surface area contributed by atoms with Gasteiger partial charge in [0.1, 0.15) is 5.38 Å². The third-order valence-corrected chi connectivity index (χ3v) is 2.55. The molecule has 2 N–H and O–H groups in total. The second-order valence-electron chi connectivity index (χ2n) is 4.01. The van der Waals surface area contributed by atoms with Crippen LogP contribution in [0.25, 0.3) is 0 Å². The fourth-order valence-corrected chi connectivity index (χ4v) is 1.47. The summed E-state index contributed by atoms with van der Waals surface area (Å²) in [7, 11) is 0. The standard InChI is InChI=1S/C13H17ClN2O2/c1-3-4-10-5-7-11(8-6-10)15-13(18)16-12(17)9(2)14/h5-9H,3-4H2,1-2H3,(H2,15,16,17,18).